The Morgan fingerprint density at radius 3 is 1.87 bits per heavy atom. The third kappa shape index (κ3) is 6.32. The fourth-order valence-corrected chi connectivity index (χ4v) is 7.37. The van der Waals surface area contributed by atoms with Crippen molar-refractivity contribution >= 4 is 44.1 Å². The maximum atomic E-state index is 4.66. The molecule has 264 valence electrons. The van der Waals surface area contributed by atoms with E-state index in [0.29, 0.717) is 0 Å². The predicted molar refractivity (Wildman–Crippen MR) is 221 cm³/mol. The summed E-state index contributed by atoms with van der Waals surface area (Å²) in [6, 6.07) is 43.8. The van der Waals surface area contributed by atoms with Gasteiger partial charge in [-0.05, 0) is 78.1 Å². The van der Waals surface area contributed by atoms with Crippen LogP contribution in [-0.4, -0.2) is 39.9 Å². The Morgan fingerprint density at radius 2 is 1.11 bits per heavy atom. The fourth-order valence-electron chi connectivity index (χ4n) is 7.37. The van der Waals surface area contributed by atoms with E-state index in [2.05, 4.69) is 133 Å². The van der Waals surface area contributed by atoms with Crippen LogP contribution in [0.1, 0.15) is 38.1 Å². The number of nitrogens with one attached hydrogen (secondary N) is 4. The van der Waals surface area contributed by atoms with E-state index >= 15 is 0 Å². The lowest BCUT2D eigenvalue weighted by molar-refractivity contribution is 0.861. The molecule has 2 aliphatic heterocycles. The zero-order chi connectivity index (χ0) is 36.4. The molecular weight excluding hydrogens is 665 g/mol. The molecule has 2 aliphatic rings. The molecule has 0 saturated carbocycles. The smallest absolute Gasteiger partial charge is 0.138 e. The van der Waals surface area contributed by atoms with Crippen LogP contribution < -0.4 is 0 Å². The maximum Gasteiger partial charge on any atom is 0.138 e. The molecule has 8 bridgehead atoms. The van der Waals surface area contributed by atoms with Crippen LogP contribution in [-0.2, 0) is 12.8 Å². The molecule has 8 heteroatoms. The number of nitrogens with zero attached hydrogens (tertiary/aromatic N) is 4. The molecule has 10 aromatic rings. The summed E-state index contributed by atoms with van der Waals surface area (Å²) >= 11 is 0. The van der Waals surface area contributed by atoms with Crippen molar-refractivity contribution in [3.63, 3.8) is 0 Å². The molecule has 0 spiro atoms. The number of H-pyrrole nitrogens is 4. The molecule has 0 radical (unpaired) electrons. The molecule has 4 N–H and O–H groups in total. The molecule has 8 nitrogen and oxygen atoms in total. The third-order valence-electron chi connectivity index (χ3n) is 9.91. The van der Waals surface area contributed by atoms with Crippen LogP contribution in [0.25, 0.3) is 89.2 Å². The van der Waals surface area contributed by atoms with E-state index in [1.54, 1.807) is 6.33 Å². The molecule has 12 rings (SSSR count). The van der Waals surface area contributed by atoms with Crippen molar-refractivity contribution in [3.8, 4) is 45.0 Å². The Hall–Kier alpha value is -6.80. The topological polar surface area (TPSA) is 115 Å². The van der Waals surface area contributed by atoms with Gasteiger partial charge in [-0.3, -0.25) is 0 Å². The number of benzene rings is 6. The van der Waals surface area contributed by atoms with Crippen LogP contribution in [0.3, 0.4) is 0 Å². The first-order valence-corrected chi connectivity index (χ1v) is 18.7. The zero-order valence-electron chi connectivity index (χ0n) is 30.3. The molecule has 4 aromatic heterocycles. The highest BCUT2D eigenvalue weighted by Gasteiger charge is 2.18. The van der Waals surface area contributed by atoms with Gasteiger partial charge in [-0.1, -0.05) is 99.1 Å². The van der Waals surface area contributed by atoms with Gasteiger partial charge < -0.3 is 19.9 Å². The summed E-state index contributed by atoms with van der Waals surface area (Å²) < 4.78 is 0. The van der Waals surface area contributed by atoms with Gasteiger partial charge in [-0.15, -0.1) is 0 Å². The van der Waals surface area contributed by atoms with Crippen molar-refractivity contribution in [3.05, 3.63) is 145 Å². The molecule has 0 saturated heterocycles. The number of fused-ring (bicyclic) bond motifs is 12. The molecule has 0 atom stereocenters. The summed E-state index contributed by atoms with van der Waals surface area (Å²) in [5.74, 6) is 3.05. The number of aryl methyl sites for hydroxylation is 2. The number of aromatic amines is 4. The quantitative estimate of drug-likeness (QED) is 0.146. The van der Waals surface area contributed by atoms with E-state index in [4.69, 9.17) is 0 Å². The average Bonchev–Trinajstić information content (AvgIpc) is 4.02. The van der Waals surface area contributed by atoms with Crippen LogP contribution in [0, 0.1) is 0 Å². The van der Waals surface area contributed by atoms with E-state index in [9.17, 15) is 0 Å². The largest absolute Gasteiger partial charge is 0.345 e. The minimum Gasteiger partial charge on any atom is -0.345 e. The van der Waals surface area contributed by atoms with E-state index in [1.165, 1.54) is 50.9 Å². The highest BCUT2D eigenvalue weighted by Crippen LogP contribution is 2.38. The van der Waals surface area contributed by atoms with E-state index in [0.717, 1.165) is 75.4 Å². The number of hydrogen-bond acceptors (Lipinski definition) is 4. The molecule has 0 aliphatic carbocycles. The highest BCUT2D eigenvalue weighted by atomic mass is 14.9. The van der Waals surface area contributed by atoms with E-state index < -0.39 is 0 Å². The molecule has 6 heterocycles. The Bertz CT molecular complexity index is 2820. The average molecular weight is 705 g/mol. The lowest BCUT2D eigenvalue weighted by Gasteiger charge is -2.10. The van der Waals surface area contributed by atoms with E-state index in [1.807, 2.05) is 48.5 Å². The Morgan fingerprint density at radius 1 is 0.481 bits per heavy atom. The van der Waals surface area contributed by atoms with Gasteiger partial charge in [0.2, 0.25) is 0 Å². The Kier molecular flexibility index (Phi) is 8.77. The minimum atomic E-state index is 0.969. The van der Waals surface area contributed by atoms with Crippen LogP contribution in [0.15, 0.2) is 134 Å². The van der Waals surface area contributed by atoms with Crippen LogP contribution in [0.2, 0.25) is 0 Å². The van der Waals surface area contributed by atoms with Gasteiger partial charge in [0, 0.05) is 28.7 Å². The van der Waals surface area contributed by atoms with Crippen molar-refractivity contribution in [1.29, 1.82) is 0 Å². The monoisotopic (exact) mass is 704 g/mol. The molecule has 0 fully saturated rings. The number of rotatable bonds is 4. The van der Waals surface area contributed by atoms with Gasteiger partial charge in [0.1, 0.15) is 17.5 Å². The Balaban J connectivity index is 0.0000000978. The van der Waals surface area contributed by atoms with Crippen molar-refractivity contribution < 1.29 is 0 Å². The van der Waals surface area contributed by atoms with Crippen molar-refractivity contribution in [2.75, 3.05) is 0 Å². The normalized spacial score (nSPS) is 11.4. The lowest BCUT2D eigenvalue weighted by Crippen LogP contribution is -1.91. The standard InChI is InChI=1S/C16H14N2.C13H8N2.C10H12N2.C7H6N2/c1-2-4-10-7-8-13-15-14(10)11-5-3-6-12(9-11)16(17-13)18-15;1-3-8-7-9(4-1)13-14-11-6-2-5-10(8)12(11)15-13;1-2-5-10-11-8-6-3-4-7-9(8)12-10;1-2-4-7-6(3-1)8-5-9-7/h3,5-9H,2,4H2,1H3,(H,17,18);1-7H,(H,14,15);3-4,6-7H,2,5H2,1H3,(H,11,12);1-5H,(H,8,9). The first-order chi connectivity index (χ1) is 26.6. The maximum absolute atomic E-state index is 4.66. The second kappa shape index (κ2) is 14.3. The van der Waals surface area contributed by atoms with Gasteiger partial charge >= 0.3 is 0 Å². The van der Waals surface area contributed by atoms with Crippen LogP contribution >= 0.6 is 0 Å². The van der Waals surface area contributed by atoms with Crippen molar-refractivity contribution in [2.45, 2.75) is 39.5 Å². The first kappa shape index (κ1) is 33.1. The molecule has 0 unspecified atom stereocenters. The van der Waals surface area contributed by atoms with Crippen LogP contribution in [0.5, 0.6) is 0 Å². The second-order valence-corrected chi connectivity index (χ2v) is 13.6. The summed E-state index contributed by atoms with van der Waals surface area (Å²) in [7, 11) is 0. The predicted octanol–water partition coefficient (Wildman–Crippen LogP) is 11.5. The summed E-state index contributed by atoms with van der Waals surface area (Å²) in [4.78, 5) is 30.9. The van der Waals surface area contributed by atoms with E-state index in [-0.39, 0.29) is 0 Å². The number of hydrogen-bond donors (Lipinski definition) is 4. The van der Waals surface area contributed by atoms with Crippen molar-refractivity contribution in [1.82, 2.24) is 39.9 Å². The van der Waals surface area contributed by atoms with Crippen LogP contribution in [0.4, 0.5) is 0 Å². The van der Waals surface area contributed by atoms with Gasteiger partial charge in [0.05, 0.1) is 50.5 Å². The van der Waals surface area contributed by atoms with Gasteiger partial charge in [-0.25, -0.2) is 19.9 Å². The van der Waals surface area contributed by atoms with Gasteiger partial charge in [0.15, 0.2) is 0 Å². The number of imidazole rings is 4. The zero-order valence-corrected chi connectivity index (χ0v) is 30.3. The minimum absolute atomic E-state index is 0.969. The fraction of sp³-hybridized carbons (Fsp3) is 0.130. The number of aromatic nitrogens is 8. The molecule has 6 aromatic carbocycles. The summed E-state index contributed by atoms with van der Waals surface area (Å²) in [5, 5.41) is 0. The first-order valence-electron chi connectivity index (χ1n) is 18.7. The van der Waals surface area contributed by atoms with Gasteiger partial charge in [-0.2, -0.15) is 0 Å². The Labute approximate surface area is 312 Å². The lowest BCUT2D eigenvalue weighted by atomic mass is 9.94. The molecule has 54 heavy (non-hydrogen) atoms. The molecule has 0 amide bonds. The third-order valence-corrected chi connectivity index (χ3v) is 9.91. The second-order valence-electron chi connectivity index (χ2n) is 13.6. The highest BCUT2D eigenvalue weighted by molar-refractivity contribution is 5.98. The van der Waals surface area contributed by atoms with Gasteiger partial charge in [0.25, 0.3) is 0 Å². The SMILES string of the molecule is CCCc1ccc2nc3[nH]c2c1-c1cccc-3c1.CCCc1nc2ccccc2[nH]1.c1cc2cc(c1)-c1cccc3nc-2[nH]c13.c1ccc2[nH]cnc2c1. The number of para-hydroxylation sites is 5. The summed E-state index contributed by atoms with van der Waals surface area (Å²) in [5.41, 5.74) is 17.7. The summed E-state index contributed by atoms with van der Waals surface area (Å²) in [6.07, 6.45) is 6.15. The summed E-state index contributed by atoms with van der Waals surface area (Å²) in [6.45, 7) is 4.38. The van der Waals surface area contributed by atoms with Crippen molar-refractivity contribution in [2.24, 2.45) is 0 Å². The molecular formula is C46H40N8.